The molecule has 0 aromatic rings. The van der Waals surface area contributed by atoms with E-state index in [4.69, 9.17) is 9.47 Å². The van der Waals surface area contributed by atoms with E-state index in [0.717, 1.165) is 49.5 Å². The molecule has 30 heavy (non-hydrogen) atoms. The second-order valence-electron chi connectivity index (χ2n) is 13.1. The van der Waals surface area contributed by atoms with Gasteiger partial charge in [-0.05, 0) is 104 Å². The highest BCUT2D eigenvalue weighted by Gasteiger charge is 2.69. The lowest BCUT2D eigenvalue weighted by atomic mass is 9.44. The highest BCUT2D eigenvalue weighted by atomic mass is 16.7. The quantitative estimate of drug-likeness (QED) is 0.543. The molecule has 1 N–H and O–H groups in total. The molecule has 3 heteroatoms. The molecule has 0 amide bonds. The van der Waals surface area contributed by atoms with E-state index >= 15 is 0 Å². The van der Waals surface area contributed by atoms with Crippen LogP contribution < -0.4 is 0 Å². The molecule has 2 saturated heterocycles. The smallest absolute Gasteiger partial charge is 0.171 e. The zero-order valence-electron chi connectivity index (χ0n) is 19.7. The first-order valence-electron chi connectivity index (χ1n) is 13.3. The SMILES string of the molecule is C[C@H]1CC[C@]2(OC1)O[C@@H]1C[C@H]3[C@H]4CC[C@@H]5C[C@H](O)CC[C@@]5(C)[C@@H]4CC[C@@]3(C)[C@@H]1[C@H]2C. The van der Waals surface area contributed by atoms with Gasteiger partial charge in [-0.15, -0.1) is 0 Å². The zero-order valence-corrected chi connectivity index (χ0v) is 19.7. The summed E-state index contributed by atoms with van der Waals surface area (Å²) in [6.07, 6.45) is 12.9. The lowest BCUT2D eigenvalue weighted by Crippen LogP contribution is -2.55. The number of hydrogen-bond donors (Lipinski definition) is 1. The Bertz CT molecular complexity index is 684. The first-order valence-corrected chi connectivity index (χ1v) is 13.3. The third-order valence-electron chi connectivity index (χ3n) is 11.9. The fraction of sp³-hybridized carbons (Fsp3) is 1.00. The summed E-state index contributed by atoms with van der Waals surface area (Å²) in [5.74, 6) is 4.93. The van der Waals surface area contributed by atoms with E-state index in [2.05, 4.69) is 27.7 Å². The molecule has 0 aromatic heterocycles. The Morgan fingerprint density at radius 3 is 2.40 bits per heavy atom. The van der Waals surface area contributed by atoms with E-state index in [1.54, 1.807) is 0 Å². The molecule has 0 radical (unpaired) electrons. The van der Waals surface area contributed by atoms with Crippen LogP contribution in [0.2, 0.25) is 0 Å². The van der Waals surface area contributed by atoms with Gasteiger partial charge in [-0.2, -0.15) is 0 Å². The van der Waals surface area contributed by atoms with E-state index < -0.39 is 0 Å². The summed E-state index contributed by atoms with van der Waals surface area (Å²) in [4.78, 5) is 0. The summed E-state index contributed by atoms with van der Waals surface area (Å²) in [5.41, 5.74) is 0.899. The van der Waals surface area contributed by atoms with Crippen LogP contribution in [0, 0.1) is 52.3 Å². The van der Waals surface area contributed by atoms with Gasteiger partial charge in [-0.3, -0.25) is 0 Å². The fourth-order valence-electron chi connectivity index (χ4n) is 10.3. The van der Waals surface area contributed by atoms with Gasteiger partial charge >= 0.3 is 0 Å². The predicted octanol–water partition coefficient (Wildman–Crippen LogP) is 5.79. The Hall–Kier alpha value is -0.120. The maximum atomic E-state index is 10.3. The van der Waals surface area contributed by atoms with Crippen molar-refractivity contribution in [1.82, 2.24) is 0 Å². The van der Waals surface area contributed by atoms with Gasteiger partial charge in [0.15, 0.2) is 5.79 Å². The van der Waals surface area contributed by atoms with E-state index in [9.17, 15) is 5.11 Å². The Morgan fingerprint density at radius 2 is 1.63 bits per heavy atom. The zero-order chi connectivity index (χ0) is 20.9. The number of aliphatic hydroxyl groups is 1. The van der Waals surface area contributed by atoms with Gasteiger partial charge in [0.2, 0.25) is 0 Å². The normalized spacial score (nSPS) is 62.5. The van der Waals surface area contributed by atoms with Gasteiger partial charge in [0, 0.05) is 12.3 Å². The minimum Gasteiger partial charge on any atom is -0.393 e. The molecular weight excluding hydrogens is 372 g/mol. The Morgan fingerprint density at radius 1 is 0.833 bits per heavy atom. The summed E-state index contributed by atoms with van der Waals surface area (Å²) in [5, 5.41) is 10.3. The van der Waals surface area contributed by atoms with Crippen LogP contribution in [0.1, 0.15) is 91.9 Å². The van der Waals surface area contributed by atoms with E-state index in [-0.39, 0.29) is 11.9 Å². The van der Waals surface area contributed by atoms with Crippen LogP contribution in [0.3, 0.4) is 0 Å². The maximum absolute atomic E-state index is 10.3. The molecule has 6 rings (SSSR count). The molecule has 2 aliphatic heterocycles. The van der Waals surface area contributed by atoms with Crippen molar-refractivity contribution in [1.29, 1.82) is 0 Å². The van der Waals surface area contributed by atoms with Gasteiger partial charge < -0.3 is 14.6 Å². The fourth-order valence-corrected chi connectivity index (χ4v) is 10.3. The van der Waals surface area contributed by atoms with Crippen LogP contribution in [0.4, 0.5) is 0 Å². The molecular formula is C27H44O3. The van der Waals surface area contributed by atoms with Crippen molar-refractivity contribution in [3.05, 3.63) is 0 Å². The minimum absolute atomic E-state index is 0.0389. The molecule has 3 nitrogen and oxygen atoms in total. The molecule has 1 spiro atoms. The molecule has 4 aliphatic carbocycles. The molecule has 0 aromatic carbocycles. The summed E-state index contributed by atoms with van der Waals surface area (Å²) in [7, 11) is 0. The van der Waals surface area contributed by atoms with Crippen molar-refractivity contribution in [2.24, 2.45) is 52.3 Å². The molecule has 4 saturated carbocycles. The van der Waals surface area contributed by atoms with Gasteiger partial charge in [0.25, 0.3) is 0 Å². The predicted molar refractivity (Wildman–Crippen MR) is 118 cm³/mol. The van der Waals surface area contributed by atoms with Crippen molar-refractivity contribution in [3.8, 4) is 0 Å². The highest BCUT2D eigenvalue weighted by molar-refractivity contribution is 5.15. The Balaban J connectivity index is 1.26. The third-order valence-corrected chi connectivity index (χ3v) is 11.9. The first kappa shape index (κ1) is 20.5. The van der Waals surface area contributed by atoms with Crippen molar-refractivity contribution in [2.45, 2.75) is 110 Å². The molecule has 170 valence electrons. The molecule has 0 unspecified atom stereocenters. The first-order chi connectivity index (χ1) is 14.3. The molecule has 0 bridgehead atoms. The molecule has 6 aliphatic rings. The van der Waals surface area contributed by atoms with Crippen LogP contribution in [0.15, 0.2) is 0 Å². The summed E-state index contributed by atoms with van der Waals surface area (Å²) < 4.78 is 13.4. The lowest BCUT2D eigenvalue weighted by molar-refractivity contribution is -0.273. The van der Waals surface area contributed by atoms with Crippen molar-refractivity contribution in [2.75, 3.05) is 6.61 Å². The monoisotopic (exact) mass is 416 g/mol. The van der Waals surface area contributed by atoms with Crippen LogP contribution in [0.25, 0.3) is 0 Å². The average molecular weight is 417 g/mol. The average Bonchev–Trinajstić information content (AvgIpc) is 3.16. The molecule has 12 atom stereocenters. The number of rotatable bonds is 0. The van der Waals surface area contributed by atoms with Crippen LogP contribution >= 0.6 is 0 Å². The number of aliphatic hydroxyl groups excluding tert-OH is 1. The van der Waals surface area contributed by atoms with Crippen LogP contribution in [0.5, 0.6) is 0 Å². The van der Waals surface area contributed by atoms with Gasteiger partial charge in [-0.25, -0.2) is 0 Å². The number of hydrogen-bond acceptors (Lipinski definition) is 3. The number of fused-ring (bicyclic) bond motifs is 7. The van der Waals surface area contributed by atoms with Crippen molar-refractivity contribution >= 4 is 0 Å². The van der Waals surface area contributed by atoms with Crippen molar-refractivity contribution in [3.63, 3.8) is 0 Å². The minimum atomic E-state index is -0.282. The van der Waals surface area contributed by atoms with E-state index in [1.807, 2.05) is 0 Å². The second kappa shape index (κ2) is 6.70. The van der Waals surface area contributed by atoms with Gasteiger partial charge in [-0.1, -0.05) is 27.7 Å². The third kappa shape index (κ3) is 2.61. The molecule has 2 heterocycles. The van der Waals surface area contributed by atoms with E-state index in [1.165, 1.54) is 44.9 Å². The highest BCUT2D eigenvalue weighted by Crippen LogP contribution is 2.71. The molecule has 6 fully saturated rings. The summed E-state index contributed by atoms with van der Waals surface area (Å²) >= 11 is 0. The summed E-state index contributed by atoms with van der Waals surface area (Å²) in [6.45, 7) is 10.9. The largest absolute Gasteiger partial charge is 0.393 e. The second-order valence-corrected chi connectivity index (χ2v) is 13.1. The summed E-state index contributed by atoms with van der Waals surface area (Å²) in [6, 6.07) is 0. The Labute approximate surface area is 183 Å². The number of ether oxygens (including phenoxy) is 2. The van der Waals surface area contributed by atoms with Gasteiger partial charge in [0.1, 0.15) is 0 Å². The lowest BCUT2D eigenvalue weighted by Gasteiger charge is -2.61. The topological polar surface area (TPSA) is 38.7 Å². The van der Waals surface area contributed by atoms with Crippen molar-refractivity contribution < 1.29 is 14.6 Å². The van der Waals surface area contributed by atoms with Crippen LogP contribution in [-0.2, 0) is 9.47 Å². The van der Waals surface area contributed by atoms with Gasteiger partial charge in [0.05, 0.1) is 18.8 Å². The van der Waals surface area contributed by atoms with E-state index in [0.29, 0.717) is 34.7 Å². The Kier molecular flexibility index (Phi) is 4.58. The standard InChI is InChI=1S/C27H44O3/c1-16-7-12-27(29-15-16)17(2)24-23(30-27)14-22-20-6-5-18-13-19(28)8-10-25(18,3)21(20)9-11-26(22,24)4/h16-24,28H,5-15H2,1-4H3/t16-,17+,18+,19+,20-,21+,22-,23+,24+,25+,26+,27-/m0/s1. The van der Waals surface area contributed by atoms with Crippen LogP contribution in [-0.4, -0.2) is 29.7 Å². The maximum Gasteiger partial charge on any atom is 0.171 e.